The van der Waals surface area contributed by atoms with E-state index in [0.717, 1.165) is 42.8 Å². The number of carbonyl (C=O) groups excluding carboxylic acids is 1. The van der Waals surface area contributed by atoms with Crippen LogP contribution in [0, 0.1) is 46.3 Å². The first-order chi connectivity index (χ1) is 11.5. The molecule has 0 aromatic carbocycles. The van der Waals surface area contributed by atoms with Crippen molar-refractivity contribution in [2.75, 3.05) is 13.2 Å². The van der Waals surface area contributed by atoms with Crippen molar-refractivity contribution in [1.82, 2.24) is 0 Å². The summed E-state index contributed by atoms with van der Waals surface area (Å²) >= 11 is 0. The van der Waals surface area contributed by atoms with E-state index >= 15 is 0 Å². The summed E-state index contributed by atoms with van der Waals surface area (Å²) < 4.78 is 5.57. The predicted octanol–water partition coefficient (Wildman–Crippen LogP) is 4.86. The van der Waals surface area contributed by atoms with Crippen LogP contribution in [0.5, 0.6) is 0 Å². The quantitative estimate of drug-likeness (QED) is 0.686. The highest BCUT2D eigenvalue weighted by Crippen LogP contribution is 2.65. The van der Waals surface area contributed by atoms with Crippen LogP contribution in [-0.4, -0.2) is 19.0 Å². The SMILES string of the molecule is CC(=O)[C@H]1CC[C@H]2[C@@H]3CC[C@H]4CC5(CC[C@@H]4[C@H]3CC[C@]12C)COC5. The number of hydrogen-bond acceptors (Lipinski definition) is 2. The van der Waals surface area contributed by atoms with Crippen molar-refractivity contribution < 1.29 is 9.53 Å². The van der Waals surface area contributed by atoms with Gasteiger partial charge in [0.1, 0.15) is 5.78 Å². The van der Waals surface area contributed by atoms with Crippen LogP contribution < -0.4 is 0 Å². The van der Waals surface area contributed by atoms with Gasteiger partial charge in [0.15, 0.2) is 0 Å². The Labute approximate surface area is 147 Å². The van der Waals surface area contributed by atoms with Crippen molar-refractivity contribution in [2.45, 2.75) is 71.6 Å². The lowest BCUT2D eigenvalue weighted by molar-refractivity contribution is -0.168. The summed E-state index contributed by atoms with van der Waals surface area (Å²) in [5, 5.41) is 0. The van der Waals surface area contributed by atoms with Crippen molar-refractivity contribution in [3.63, 3.8) is 0 Å². The van der Waals surface area contributed by atoms with E-state index in [0.29, 0.717) is 22.5 Å². The maximum Gasteiger partial charge on any atom is 0.133 e. The van der Waals surface area contributed by atoms with Gasteiger partial charge in [-0.25, -0.2) is 0 Å². The highest BCUT2D eigenvalue weighted by Gasteiger charge is 2.59. The molecule has 2 nitrogen and oxygen atoms in total. The zero-order valence-corrected chi connectivity index (χ0v) is 15.6. The third kappa shape index (κ3) is 2.07. The lowest BCUT2D eigenvalue weighted by Gasteiger charge is -2.59. The molecule has 1 spiro atoms. The van der Waals surface area contributed by atoms with Crippen LogP contribution in [0.1, 0.15) is 71.6 Å². The van der Waals surface area contributed by atoms with Gasteiger partial charge in [-0.2, -0.15) is 0 Å². The first-order valence-corrected chi connectivity index (χ1v) is 10.6. The molecule has 0 N–H and O–H groups in total. The molecule has 0 radical (unpaired) electrons. The van der Waals surface area contributed by atoms with Crippen molar-refractivity contribution in [2.24, 2.45) is 46.3 Å². The molecule has 5 rings (SSSR count). The average molecular weight is 331 g/mol. The molecule has 5 aliphatic rings. The van der Waals surface area contributed by atoms with Crippen LogP contribution in [-0.2, 0) is 9.53 Å². The van der Waals surface area contributed by atoms with Gasteiger partial charge in [-0.05, 0) is 99.7 Å². The van der Waals surface area contributed by atoms with Gasteiger partial charge in [0, 0.05) is 11.3 Å². The first-order valence-electron chi connectivity index (χ1n) is 10.6. The van der Waals surface area contributed by atoms with Gasteiger partial charge in [0.05, 0.1) is 13.2 Å². The van der Waals surface area contributed by atoms with E-state index in [4.69, 9.17) is 4.74 Å². The Balaban J connectivity index is 1.36. The van der Waals surface area contributed by atoms with E-state index in [9.17, 15) is 4.79 Å². The first kappa shape index (κ1) is 15.9. The Morgan fingerprint density at radius 1 is 0.917 bits per heavy atom. The molecule has 0 aromatic heterocycles. The molecule has 2 heteroatoms. The van der Waals surface area contributed by atoms with E-state index in [2.05, 4.69) is 6.92 Å². The molecule has 5 fully saturated rings. The number of hydrogen-bond donors (Lipinski definition) is 0. The van der Waals surface area contributed by atoms with Crippen molar-refractivity contribution >= 4 is 5.78 Å². The van der Waals surface area contributed by atoms with Gasteiger partial charge < -0.3 is 4.74 Å². The van der Waals surface area contributed by atoms with Crippen LogP contribution in [0.15, 0.2) is 0 Å². The average Bonchev–Trinajstić information content (AvgIpc) is 2.90. The summed E-state index contributed by atoms with van der Waals surface area (Å²) in [7, 11) is 0. The lowest BCUT2D eigenvalue weighted by atomic mass is 9.48. The molecule has 0 amide bonds. The van der Waals surface area contributed by atoms with Gasteiger partial charge in [-0.1, -0.05) is 6.92 Å². The van der Waals surface area contributed by atoms with Gasteiger partial charge in [-0.3, -0.25) is 4.79 Å². The molecule has 4 saturated carbocycles. The zero-order chi connectivity index (χ0) is 16.5. The lowest BCUT2D eigenvalue weighted by Crippen LogP contribution is -2.53. The highest BCUT2D eigenvalue weighted by atomic mass is 16.5. The zero-order valence-electron chi connectivity index (χ0n) is 15.6. The molecule has 24 heavy (non-hydrogen) atoms. The topological polar surface area (TPSA) is 26.3 Å². The summed E-state index contributed by atoms with van der Waals surface area (Å²) in [6, 6.07) is 0. The predicted molar refractivity (Wildman–Crippen MR) is 94.5 cm³/mol. The molecular weight excluding hydrogens is 296 g/mol. The van der Waals surface area contributed by atoms with E-state index in [1.54, 1.807) is 0 Å². The highest BCUT2D eigenvalue weighted by molar-refractivity contribution is 5.79. The minimum Gasteiger partial charge on any atom is -0.380 e. The molecule has 1 aliphatic heterocycles. The van der Waals surface area contributed by atoms with Crippen LogP contribution in [0.3, 0.4) is 0 Å². The third-order valence-corrected chi connectivity index (χ3v) is 9.53. The number of Topliss-reactive ketones (excluding diaryl/α,β-unsaturated/α-hetero) is 1. The summed E-state index contributed by atoms with van der Waals surface area (Å²) in [5.41, 5.74) is 0.918. The van der Waals surface area contributed by atoms with E-state index < -0.39 is 0 Å². The van der Waals surface area contributed by atoms with E-state index in [-0.39, 0.29) is 0 Å². The molecule has 0 bridgehead atoms. The summed E-state index contributed by atoms with van der Waals surface area (Å²) in [6.07, 6.45) is 12.5. The van der Waals surface area contributed by atoms with Crippen molar-refractivity contribution in [3.8, 4) is 0 Å². The number of carbonyl (C=O) groups is 1. The number of ether oxygens (including phenoxy) is 1. The second-order valence-electron chi connectivity index (χ2n) is 10.5. The summed E-state index contributed by atoms with van der Waals surface area (Å²) in [6.45, 7) is 6.42. The van der Waals surface area contributed by atoms with Crippen LogP contribution in [0.2, 0.25) is 0 Å². The molecule has 1 saturated heterocycles. The maximum absolute atomic E-state index is 12.2. The van der Waals surface area contributed by atoms with Crippen LogP contribution in [0.4, 0.5) is 0 Å². The van der Waals surface area contributed by atoms with Crippen molar-refractivity contribution in [1.29, 1.82) is 0 Å². The minimum atomic E-state index is 0.331. The van der Waals surface area contributed by atoms with E-state index in [1.165, 1.54) is 57.8 Å². The van der Waals surface area contributed by atoms with Gasteiger partial charge in [0.2, 0.25) is 0 Å². The van der Waals surface area contributed by atoms with Crippen LogP contribution >= 0.6 is 0 Å². The van der Waals surface area contributed by atoms with Crippen LogP contribution in [0.25, 0.3) is 0 Å². The Morgan fingerprint density at radius 3 is 2.42 bits per heavy atom. The second kappa shape index (κ2) is 5.32. The third-order valence-electron chi connectivity index (χ3n) is 9.53. The molecule has 0 aromatic rings. The monoisotopic (exact) mass is 330 g/mol. The Kier molecular flexibility index (Phi) is 3.51. The molecule has 1 heterocycles. The molecular formula is C22H34O2. The fourth-order valence-electron chi connectivity index (χ4n) is 8.39. The largest absolute Gasteiger partial charge is 0.380 e. The summed E-state index contributed by atoms with van der Waals surface area (Å²) in [4.78, 5) is 12.2. The number of rotatable bonds is 1. The molecule has 0 unspecified atom stereocenters. The molecule has 7 atom stereocenters. The fraction of sp³-hybridized carbons (Fsp3) is 0.955. The maximum atomic E-state index is 12.2. The molecule has 134 valence electrons. The Morgan fingerprint density at radius 2 is 1.71 bits per heavy atom. The molecule has 4 aliphatic carbocycles. The van der Waals surface area contributed by atoms with Gasteiger partial charge in [-0.15, -0.1) is 0 Å². The normalized spacial score (nSPS) is 52.1. The number of fused-ring (bicyclic) bond motifs is 5. The standard InChI is InChI=1S/C22H34O2/c1-14(23)19-5-6-20-18-4-3-15-11-22(12-24-13-22)10-8-16(15)17(18)7-9-21(19,20)2/h15-20H,3-13H2,1-2H3/t15-,16-,17+,18+,19+,20-,21+/m0/s1. The van der Waals surface area contributed by atoms with Gasteiger partial charge in [0.25, 0.3) is 0 Å². The smallest absolute Gasteiger partial charge is 0.133 e. The summed E-state index contributed by atoms with van der Waals surface area (Å²) in [5.74, 6) is 5.56. The van der Waals surface area contributed by atoms with Crippen molar-refractivity contribution in [3.05, 3.63) is 0 Å². The Bertz CT molecular complexity index is 536. The van der Waals surface area contributed by atoms with E-state index in [1.807, 2.05) is 6.92 Å². The minimum absolute atomic E-state index is 0.331. The Hall–Kier alpha value is -0.370. The fourth-order valence-corrected chi connectivity index (χ4v) is 8.39. The van der Waals surface area contributed by atoms with Gasteiger partial charge >= 0.3 is 0 Å². The second-order valence-corrected chi connectivity index (χ2v) is 10.5. The number of ketones is 1.